The summed E-state index contributed by atoms with van der Waals surface area (Å²) >= 11 is 0. The normalized spacial score (nSPS) is 12.4. The molecule has 0 aromatic heterocycles. The molecule has 0 spiro atoms. The smallest absolute Gasteiger partial charge is 0.306 e. The summed E-state index contributed by atoms with van der Waals surface area (Å²) in [5, 5.41) is 0. The van der Waals surface area contributed by atoms with Crippen LogP contribution < -0.4 is 0 Å². The van der Waals surface area contributed by atoms with E-state index in [1.807, 2.05) is 0 Å². The van der Waals surface area contributed by atoms with E-state index in [2.05, 4.69) is 81.5 Å². The third-order valence-electron chi connectivity index (χ3n) is 14.5. The average Bonchev–Trinajstić information content (AvgIpc) is 3.41. The van der Waals surface area contributed by atoms with Crippen LogP contribution in [0, 0.1) is 0 Å². The van der Waals surface area contributed by atoms with Gasteiger partial charge in [0, 0.05) is 19.3 Å². The highest BCUT2D eigenvalue weighted by atomic mass is 16.6. The summed E-state index contributed by atoms with van der Waals surface area (Å²) in [5.74, 6) is -0.884. The number of unbranched alkanes of at least 4 members (excludes halogenated alkanes) is 39. The molecule has 75 heavy (non-hydrogen) atoms. The molecule has 0 aromatic rings. The molecule has 0 amide bonds. The van der Waals surface area contributed by atoms with E-state index in [-0.39, 0.29) is 31.1 Å². The zero-order chi connectivity index (χ0) is 54.3. The van der Waals surface area contributed by atoms with Crippen LogP contribution in [0.3, 0.4) is 0 Å². The van der Waals surface area contributed by atoms with Crippen molar-refractivity contribution in [3.05, 3.63) is 60.8 Å². The molecular weight excluding hydrogens is 925 g/mol. The summed E-state index contributed by atoms with van der Waals surface area (Å²) in [6, 6.07) is 0. The van der Waals surface area contributed by atoms with E-state index < -0.39 is 6.10 Å². The van der Waals surface area contributed by atoms with Gasteiger partial charge in [-0.15, -0.1) is 0 Å². The fourth-order valence-electron chi connectivity index (χ4n) is 9.50. The van der Waals surface area contributed by atoms with Crippen molar-refractivity contribution < 1.29 is 28.6 Å². The molecule has 0 radical (unpaired) electrons. The average molecular weight is 1050 g/mol. The second-order valence-electron chi connectivity index (χ2n) is 22.0. The molecular formula is C69H124O6. The lowest BCUT2D eigenvalue weighted by atomic mass is 10.1. The minimum atomic E-state index is -0.785. The highest BCUT2D eigenvalue weighted by Crippen LogP contribution is 2.16. The fraction of sp³-hybridized carbons (Fsp3) is 0.812. The van der Waals surface area contributed by atoms with E-state index in [1.165, 1.54) is 225 Å². The largest absolute Gasteiger partial charge is 0.462 e. The van der Waals surface area contributed by atoms with Gasteiger partial charge < -0.3 is 14.2 Å². The summed E-state index contributed by atoms with van der Waals surface area (Å²) < 4.78 is 16.9. The zero-order valence-electron chi connectivity index (χ0n) is 50.1. The second kappa shape index (κ2) is 63.6. The monoisotopic (exact) mass is 1050 g/mol. The first-order chi connectivity index (χ1) is 37.0. The molecule has 0 aliphatic carbocycles. The molecule has 0 fully saturated rings. The third kappa shape index (κ3) is 61.8. The number of rotatable bonds is 60. The van der Waals surface area contributed by atoms with Gasteiger partial charge >= 0.3 is 17.9 Å². The summed E-state index contributed by atoms with van der Waals surface area (Å²) in [6.45, 7) is 6.64. The molecule has 0 bridgehead atoms. The Kier molecular flexibility index (Phi) is 61.2. The van der Waals surface area contributed by atoms with Crippen LogP contribution in [0.5, 0.6) is 0 Å². The third-order valence-corrected chi connectivity index (χ3v) is 14.5. The maximum Gasteiger partial charge on any atom is 0.306 e. The SMILES string of the molecule is CCCCC/C=C\C/C=C\C/C=C\CCCCCCCCC(=O)OC[C@@H](COC(=O)CCCCCCCCC/C=C\CCCCCCCCCC)OC(=O)CCCCCCCCC/C=C\CCCCCCCCCC. The maximum atomic E-state index is 12.9. The van der Waals surface area contributed by atoms with Gasteiger partial charge in [-0.2, -0.15) is 0 Å². The Bertz CT molecular complexity index is 1340. The first-order valence-electron chi connectivity index (χ1n) is 32.8. The van der Waals surface area contributed by atoms with Gasteiger partial charge in [-0.1, -0.05) is 274 Å². The van der Waals surface area contributed by atoms with Crippen molar-refractivity contribution >= 4 is 17.9 Å². The molecule has 0 N–H and O–H groups in total. The number of carbonyl (C=O) groups excluding carboxylic acids is 3. The van der Waals surface area contributed by atoms with Crippen molar-refractivity contribution in [1.29, 1.82) is 0 Å². The lowest BCUT2D eigenvalue weighted by Gasteiger charge is -2.18. The Labute approximate surface area is 466 Å². The molecule has 0 aliphatic heterocycles. The molecule has 0 saturated carbocycles. The summed E-state index contributed by atoms with van der Waals surface area (Å²) in [5.41, 5.74) is 0. The Balaban J connectivity index is 4.39. The predicted molar refractivity (Wildman–Crippen MR) is 325 cm³/mol. The van der Waals surface area contributed by atoms with Gasteiger partial charge in [0.2, 0.25) is 0 Å². The van der Waals surface area contributed by atoms with Gasteiger partial charge in [0.15, 0.2) is 6.10 Å². The van der Waals surface area contributed by atoms with Gasteiger partial charge in [-0.3, -0.25) is 14.4 Å². The highest BCUT2D eigenvalue weighted by Gasteiger charge is 2.19. The summed E-state index contributed by atoms with van der Waals surface area (Å²) in [4.78, 5) is 38.4. The topological polar surface area (TPSA) is 78.9 Å². The van der Waals surface area contributed by atoms with Crippen LogP contribution in [0.4, 0.5) is 0 Å². The molecule has 0 saturated heterocycles. The van der Waals surface area contributed by atoms with E-state index in [1.54, 1.807) is 0 Å². The van der Waals surface area contributed by atoms with Crippen molar-refractivity contribution in [2.45, 2.75) is 348 Å². The predicted octanol–water partition coefficient (Wildman–Crippen LogP) is 22.3. The molecule has 1 atom stereocenters. The van der Waals surface area contributed by atoms with E-state index in [0.29, 0.717) is 19.3 Å². The lowest BCUT2D eigenvalue weighted by Crippen LogP contribution is -2.30. The van der Waals surface area contributed by atoms with Crippen LogP contribution >= 0.6 is 0 Å². The van der Waals surface area contributed by atoms with Crippen molar-refractivity contribution in [3.8, 4) is 0 Å². The van der Waals surface area contributed by atoms with Crippen LogP contribution in [0.1, 0.15) is 342 Å². The van der Waals surface area contributed by atoms with Gasteiger partial charge in [0.05, 0.1) is 0 Å². The number of ether oxygens (including phenoxy) is 3. The van der Waals surface area contributed by atoms with Crippen molar-refractivity contribution in [1.82, 2.24) is 0 Å². The van der Waals surface area contributed by atoms with Crippen LogP contribution in [0.2, 0.25) is 0 Å². The lowest BCUT2D eigenvalue weighted by molar-refractivity contribution is -0.167. The van der Waals surface area contributed by atoms with Gasteiger partial charge in [-0.05, 0) is 109 Å². The molecule has 6 nitrogen and oxygen atoms in total. The van der Waals surface area contributed by atoms with Crippen molar-refractivity contribution in [2.24, 2.45) is 0 Å². The van der Waals surface area contributed by atoms with E-state index >= 15 is 0 Å². The zero-order valence-corrected chi connectivity index (χ0v) is 50.1. The minimum absolute atomic E-state index is 0.0808. The molecule has 0 aliphatic rings. The first-order valence-corrected chi connectivity index (χ1v) is 32.8. The maximum absolute atomic E-state index is 12.9. The molecule has 0 rings (SSSR count). The Hall–Kier alpha value is -2.89. The van der Waals surface area contributed by atoms with Crippen molar-refractivity contribution in [3.63, 3.8) is 0 Å². The summed E-state index contributed by atoms with van der Waals surface area (Å²) in [6.07, 6.45) is 80.8. The fourth-order valence-corrected chi connectivity index (χ4v) is 9.50. The van der Waals surface area contributed by atoms with Gasteiger partial charge in [-0.25, -0.2) is 0 Å². The molecule has 6 heteroatoms. The number of allylic oxidation sites excluding steroid dienone is 10. The van der Waals surface area contributed by atoms with Crippen LogP contribution in [0.25, 0.3) is 0 Å². The second-order valence-corrected chi connectivity index (χ2v) is 22.0. The van der Waals surface area contributed by atoms with Gasteiger partial charge in [0.1, 0.15) is 13.2 Å². The number of esters is 3. The Morgan fingerprint density at radius 3 is 0.787 bits per heavy atom. The molecule has 0 heterocycles. The summed E-state index contributed by atoms with van der Waals surface area (Å²) in [7, 11) is 0. The Morgan fingerprint density at radius 1 is 0.267 bits per heavy atom. The highest BCUT2D eigenvalue weighted by molar-refractivity contribution is 5.71. The van der Waals surface area contributed by atoms with Crippen LogP contribution in [-0.2, 0) is 28.6 Å². The van der Waals surface area contributed by atoms with Crippen LogP contribution in [-0.4, -0.2) is 37.2 Å². The van der Waals surface area contributed by atoms with Gasteiger partial charge in [0.25, 0.3) is 0 Å². The number of hydrogen-bond donors (Lipinski definition) is 0. The molecule has 436 valence electrons. The standard InChI is InChI=1S/C69H124O6/c1-4-7-10-13-16-19-22-25-28-31-34-37-40-43-46-49-52-55-58-61-67(70)73-64-66(75-69(72)63-60-57-54-51-48-45-42-39-36-33-30-27-24-21-18-15-12-9-6-3)65-74-68(71)62-59-56-53-50-47-44-41-38-35-32-29-26-23-20-17-14-11-8-5-2/h16,19,25,28,32-37,66H,4-15,17-18,20-24,26-27,29-31,38-65H2,1-3H3/b19-16-,28-25-,35-32-,36-33-,37-34-/t66-/m0/s1. The van der Waals surface area contributed by atoms with E-state index in [9.17, 15) is 14.4 Å². The number of hydrogen-bond acceptors (Lipinski definition) is 6. The quantitative estimate of drug-likeness (QED) is 0.0261. The van der Waals surface area contributed by atoms with E-state index in [0.717, 1.165) is 77.0 Å². The van der Waals surface area contributed by atoms with E-state index in [4.69, 9.17) is 14.2 Å². The first kappa shape index (κ1) is 72.1. The Morgan fingerprint density at radius 2 is 0.480 bits per heavy atom. The van der Waals surface area contributed by atoms with Crippen LogP contribution in [0.15, 0.2) is 60.8 Å². The molecule has 0 aromatic carbocycles. The number of carbonyl (C=O) groups is 3. The van der Waals surface area contributed by atoms with Crippen molar-refractivity contribution in [2.75, 3.05) is 13.2 Å². The molecule has 0 unspecified atom stereocenters. The minimum Gasteiger partial charge on any atom is -0.462 e.